The number of carbonyl (C=O) groups excluding carboxylic acids is 3. The lowest BCUT2D eigenvalue weighted by Gasteiger charge is -2.38. The van der Waals surface area contributed by atoms with Crippen molar-refractivity contribution in [2.45, 2.75) is 45.2 Å². The van der Waals surface area contributed by atoms with Gasteiger partial charge in [0.25, 0.3) is 11.8 Å². The molecular formula is C26H29N3O5. The molecule has 1 aliphatic rings. The molecule has 2 aromatic rings. The van der Waals surface area contributed by atoms with Gasteiger partial charge in [0.05, 0.1) is 11.6 Å². The van der Waals surface area contributed by atoms with E-state index in [1.54, 1.807) is 42.5 Å². The zero-order valence-corrected chi connectivity index (χ0v) is 19.5. The third kappa shape index (κ3) is 6.35. The number of hydrogen-bond donors (Lipinski definition) is 0. The minimum atomic E-state index is -0.670. The summed E-state index contributed by atoms with van der Waals surface area (Å²) in [7, 11) is 0. The maximum Gasteiger partial charge on any atom is 0.338 e. The first-order chi connectivity index (χ1) is 16.4. The zero-order chi connectivity index (χ0) is 24.5. The van der Waals surface area contributed by atoms with Crippen LogP contribution in [0.25, 0.3) is 0 Å². The van der Waals surface area contributed by atoms with Crippen LogP contribution in [0.15, 0.2) is 54.6 Å². The molecule has 8 nitrogen and oxygen atoms in total. The summed E-state index contributed by atoms with van der Waals surface area (Å²) in [6.07, 6.45) is 3.11. The SMILES string of the molecule is CC1CCCC(C)N1C(=O)COc1ccc(C(=O)OCC(=O)N(CC#N)c2ccccc2)cc1. The van der Waals surface area contributed by atoms with Crippen LogP contribution in [-0.4, -0.2) is 54.5 Å². The Kier molecular flexibility index (Phi) is 8.63. The first-order valence-corrected chi connectivity index (χ1v) is 11.3. The second-order valence-corrected chi connectivity index (χ2v) is 8.29. The van der Waals surface area contributed by atoms with Crippen LogP contribution in [0.4, 0.5) is 5.69 Å². The van der Waals surface area contributed by atoms with Crippen molar-refractivity contribution in [1.82, 2.24) is 4.90 Å². The molecule has 0 radical (unpaired) electrons. The van der Waals surface area contributed by atoms with Gasteiger partial charge in [0.2, 0.25) is 0 Å². The van der Waals surface area contributed by atoms with Gasteiger partial charge in [-0.15, -0.1) is 0 Å². The first kappa shape index (κ1) is 24.8. The molecule has 0 aliphatic carbocycles. The molecule has 1 aliphatic heterocycles. The number of nitrogens with zero attached hydrogens (tertiary/aromatic N) is 3. The van der Waals surface area contributed by atoms with Crippen molar-refractivity contribution in [2.75, 3.05) is 24.7 Å². The molecule has 1 fully saturated rings. The van der Waals surface area contributed by atoms with Gasteiger partial charge in [-0.2, -0.15) is 5.26 Å². The highest BCUT2D eigenvalue weighted by molar-refractivity contribution is 5.97. The number of para-hydroxylation sites is 1. The summed E-state index contributed by atoms with van der Waals surface area (Å²) in [4.78, 5) is 40.6. The van der Waals surface area contributed by atoms with E-state index in [9.17, 15) is 14.4 Å². The van der Waals surface area contributed by atoms with E-state index in [2.05, 4.69) is 13.8 Å². The lowest BCUT2D eigenvalue weighted by atomic mass is 9.97. The Bertz CT molecular complexity index is 1020. The van der Waals surface area contributed by atoms with Crippen LogP contribution >= 0.6 is 0 Å². The van der Waals surface area contributed by atoms with E-state index in [1.165, 1.54) is 17.0 Å². The molecule has 8 heteroatoms. The maximum absolute atomic E-state index is 12.6. The van der Waals surface area contributed by atoms with Gasteiger partial charge in [0, 0.05) is 17.8 Å². The molecule has 2 unspecified atom stereocenters. The van der Waals surface area contributed by atoms with Crippen molar-refractivity contribution >= 4 is 23.5 Å². The van der Waals surface area contributed by atoms with E-state index in [4.69, 9.17) is 14.7 Å². The van der Waals surface area contributed by atoms with Gasteiger partial charge >= 0.3 is 5.97 Å². The standard InChI is InChI=1S/C26H29N3O5/c1-19-7-6-8-20(2)29(19)25(31)18-33-23-13-11-21(12-14-23)26(32)34-17-24(30)28(16-15-27)22-9-4-3-5-10-22/h3-5,9-14,19-20H,6-8,16-18H2,1-2H3. The van der Waals surface area contributed by atoms with Crippen LogP contribution in [-0.2, 0) is 14.3 Å². The fourth-order valence-electron chi connectivity index (χ4n) is 4.11. The quantitative estimate of drug-likeness (QED) is 0.438. The van der Waals surface area contributed by atoms with Gasteiger partial charge in [0.1, 0.15) is 12.3 Å². The summed E-state index contributed by atoms with van der Waals surface area (Å²) in [5.41, 5.74) is 0.797. The molecule has 2 aromatic carbocycles. The maximum atomic E-state index is 12.6. The molecule has 1 heterocycles. The lowest BCUT2D eigenvalue weighted by Crippen LogP contribution is -2.49. The number of anilines is 1. The average molecular weight is 464 g/mol. The summed E-state index contributed by atoms with van der Waals surface area (Å²) in [6.45, 7) is 3.39. The van der Waals surface area contributed by atoms with Gasteiger partial charge in [-0.1, -0.05) is 18.2 Å². The number of likely N-dealkylation sites (tertiary alicyclic amines) is 1. The number of rotatable bonds is 8. The van der Waals surface area contributed by atoms with E-state index in [0.29, 0.717) is 11.4 Å². The highest BCUT2D eigenvalue weighted by Gasteiger charge is 2.29. The molecule has 34 heavy (non-hydrogen) atoms. The number of carbonyl (C=O) groups is 3. The van der Waals surface area contributed by atoms with Crippen molar-refractivity contribution in [3.05, 3.63) is 60.2 Å². The summed E-state index contributed by atoms with van der Waals surface area (Å²) < 4.78 is 10.8. The van der Waals surface area contributed by atoms with Gasteiger partial charge in [-0.3, -0.25) is 14.5 Å². The number of amides is 2. The third-order valence-electron chi connectivity index (χ3n) is 5.86. The lowest BCUT2D eigenvalue weighted by molar-refractivity contribution is -0.139. The van der Waals surface area contributed by atoms with E-state index in [-0.39, 0.29) is 36.7 Å². The summed E-state index contributed by atoms with van der Waals surface area (Å²) in [5.74, 6) is -0.762. The largest absolute Gasteiger partial charge is 0.484 e. The van der Waals surface area contributed by atoms with E-state index < -0.39 is 18.5 Å². The van der Waals surface area contributed by atoms with Crippen molar-refractivity contribution in [1.29, 1.82) is 5.26 Å². The third-order valence-corrected chi connectivity index (χ3v) is 5.86. The second kappa shape index (κ2) is 11.8. The second-order valence-electron chi connectivity index (χ2n) is 8.29. The molecule has 0 bridgehead atoms. The molecule has 2 amide bonds. The summed E-state index contributed by atoms with van der Waals surface area (Å²) >= 11 is 0. The number of piperidine rings is 1. The Morgan fingerprint density at radius 1 is 1.00 bits per heavy atom. The molecule has 0 aromatic heterocycles. The zero-order valence-electron chi connectivity index (χ0n) is 19.5. The highest BCUT2D eigenvalue weighted by atomic mass is 16.5. The van der Waals surface area contributed by atoms with Gasteiger partial charge in [-0.25, -0.2) is 4.79 Å². The monoisotopic (exact) mass is 463 g/mol. The van der Waals surface area contributed by atoms with E-state index >= 15 is 0 Å². The molecule has 0 N–H and O–H groups in total. The number of nitriles is 1. The average Bonchev–Trinajstić information content (AvgIpc) is 2.85. The normalized spacial score (nSPS) is 17.4. The Balaban J connectivity index is 1.51. The van der Waals surface area contributed by atoms with Crippen molar-refractivity contribution in [3.8, 4) is 11.8 Å². The van der Waals surface area contributed by atoms with Crippen LogP contribution in [0.5, 0.6) is 5.75 Å². The van der Waals surface area contributed by atoms with Gasteiger partial charge in [-0.05, 0) is 69.5 Å². The minimum Gasteiger partial charge on any atom is -0.484 e. The number of ether oxygens (including phenoxy) is 2. The molecule has 2 atom stereocenters. The molecule has 178 valence electrons. The van der Waals surface area contributed by atoms with E-state index in [0.717, 1.165) is 19.3 Å². The summed E-state index contributed by atoms with van der Waals surface area (Å²) in [6, 6.07) is 17.3. The van der Waals surface area contributed by atoms with E-state index in [1.807, 2.05) is 11.0 Å². The molecule has 1 saturated heterocycles. The predicted octanol–water partition coefficient (Wildman–Crippen LogP) is 3.57. The smallest absolute Gasteiger partial charge is 0.338 e. The summed E-state index contributed by atoms with van der Waals surface area (Å²) in [5, 5.41) is 9.02. The number of hydrogen-bond acceptors (Lipinski definition) is 6. The topological polar surface area (TPSA) is 99.9 Å². The van der Waals surface area contributed by atoms with Crippen LogP contribution in [0.2, 0.25) is 0 Å². The van der Waals surface area contributed by atoms with Crippen LogP contribution in [0, 0.1) is 11.3 Å². The molecule has 0 saturated carbocycles. The predicted molar refractivity (Wildman–Crippen MR) is 126 cm³/mol. The Labute approximate surface area is 199 Å². The van der Waals surface area contributed by atoms with Crippen LogP contribution < -0.4 is 9.64 Å². The first-order valence-electron chi connectivity index (χ1n) is 11.3. The minimum absolute atomic E-state index is 0.0537. The van der Waals surface area contributed by atoms with Crippen LogP contribution in [0.1, 0.15) is 43.5 Å². The number of esters is 1. The Morgan fingerprint density at radius 2 is 1.65 bits per heavy atom. The Hall–Kier alpha value is -3.86. The Morgan fingerprint density at radius 3 is 2.26 bits per heavy atom. The van der Waals surface area contributed by atoms with Gasteiger partial charge in [0.15, 0.2) is 13.2 Å². The molecular weight excluding hydrogens is 434 g/mol. The van der Waals surface area contributed by atoms with Crippen molar-refractivity contribution in [2.24, 2.45) is 0 Å². The molecule has 3 rings (SSSR count). The molecule has 0 spiro atoms. The number of benzene rings is 2. The van der Waals surface area contributed by atoms with Crippen molar-refractivity contribution < 1.29 is 23.9 Å². The fraction of sp³-hybridized carbons (Fsp3) is 0.385. The van der Waals surface area contributed by atoms with Gasteiger partial charge < -0.3 is 14.4 Å². The van der Waals surface area contributed by atoms with Crippen molar-refractivity contribution in [3.63, 3.8) is 0 Å². The fourth-order valence-corrected chi connectivity index (χ4v) is 4.11. The highest BCUT2D eigenvalue weighted by Crippen LogP contribution is 2.23. The van der Waals surface area contributed by atoms with Crippen LogP contribution in [0.3, 0.4) is 0 Å².